The molecular formula is C19H23ClN4O. The average Bonchev–Trinajstić information content (AvgIpc) is 3.07. The molecule has 2 aromatic rings. The summed E-state index contributed by atoms with van der Waals surface area (Å²) in [6.07, 6.45) is 5.54. The van der Waals surface area contributed by atoms with Gasteiger partial charge in [-0.3, -0.25) is 4.79 Å². The highest BCUT2D eigenvalue weighted by Crippen LogP contribution is 2.21. The molecule has 5 nitrogen and oxygen atoms in total. The minimum absolute atomic E-state index is 0.179. The third kappa shape index (κ3) is 5.16. The number of benzene rings is 1. The van der Waals surface area contributed by atoms with Gasteiger partial charge in [0.25, 0.3) is 5.91 Å². The van der Waals surface area contributed by atoms with E-state index in [4.69, 9.17) is 11.6 Å². The molecular weight excluding hydrogens is 336 g/mol. The van der Waals surface area contributed by atoms with Crippen molar-refractivity contribution in [2.45, 2.75) is 45.1 Å². The second-order valence-electron chi connectivity index (χ2n) is 6.45. The van der Waals surface area contributed by atoms with Crippen LogP contribution in [0.2, 0.25) is 5.02 Å². The van der Waals surface area contributed by atoms with Gasteiger partial charge in [0.2, 0.25) is 0 Å². The maximum Gasteiger partial charge on any atom is 0.270 e. The lowest BCUT2D eigenvalue weighted by Crippen LogP contribution is -2.27. The molecule has 6 heteroatoms. The first-order valence-electron chi connectivity index (χ1n) is 8.75. The second-order valence-corrected chi connectivity index (χ2v) is 6.88. The summed E-state index contributed by atoms with van der Waals surface area (Å²) in [5.74, 6) is 1.16. The van der Waals surface area contributed by atoms with Crippen LogP contribution >= 0.6 is 11.6 Å². The Balaban J connectivity index is 1.58. The Morgan fingerprint density at radius 2 is 2.04 bits per heavy atom. The first-order chi connectivity index (χ1) is 12.1. The molecule has 0 bridgehead atoms. The third-order valence-corrected chi connectivity index (χ3v) is 4.60. The van der Waals surface area contributed by atoms with Crippen LogP contribution in [-0.4, -0.2) is 28.5 Å². The van der Waals surface area contributed by atoms with Gasteiger partial charge in [-0.25, -0.2) is 9.97 Å². The molecule has 0 saturated heterocycles. The first-order valence-corrected chi connectivity index (χ1v) is 9.13. The van der Waals surface area contributed by atoms with E-state index in [0.717, 1.165) is 30.6 Å². The molecule has 132 valence electrons. The van der Waals surface area contributed by atoms with Gasteiger partial charge in [-0.2, -0.15) is 0 Å². The molecule has 3 rings (SSSR count). The van der Waals surface area contributed by atoms with Crippen molar-refractivity contribution in [3.8, 4) is 0 Å². The fraction of sp³-hybridized carbons (Fsp3) is 0.421. The number of carbonyl (C=O) groups excluding carboxylic acids is 1. The van der Waals surface area contributed by atoms with Crippen LogP contribution in [0.15, 0.2) is 30.3 Å². The van der Waals surface area contributed by atoms with E-state index >= 15 is 0 Å². The van der Waals surface area contributed by atoms with Crippen molar-refractivity contribution in [2.24, 2.45) is 0 Å². The molecule has 1 fully saturated rings. The number of aromatic nitrogens is 2. The summed E-state index contributed by atoms with van der Waals surface area (Å²) in [4.78, 5) is 21.1. The normalized spacial score (nSPS) is 14.5. The zero-order chi connectivity index (χ0) is 17.6. The van der Waals surface area contributed by atoms with E-state index in [9.17, 15) is 4.79 Å². The van der Waals surface area contributed by atoms with Crippen molar-refractivity contribution in [1.29, 1.82) is 0 Å². The summed E-state index contributed by atoms with van der Waals surface area (Å²) in [6.45, 7) is 2.34. The fourth-order valence-corrected chi connectivity index (χ4v) is 3.35. The molecule has 0 aliphatic heterocycles. The standard InChI is InChI=1S/C19H23ClN4O/c1-13-22-17(12-18(23-13)24-16-7-2-3-8-16)19(25)21-10-9-14-5-4-6-15(20)11-14/h4-6,11-12,16H,2-3,7-10H2,1H3,(H,21,25)(H,22,23,24). The van der Waals surface area contributed by atoms with Gasteiger partial charge in [-0.15, -0.1) is 0 Å². The van der Waals surface area contributed by atoms with Crippen molar-refractivity contribution in [2.75, 3.05) is 11.9 Å². The summed E-state index contributed by atoms with van der Waals surface area (Å²) in [7, 11) is 0. The number of hydrogen-bond donors (Lipinski definition) is 2. The van der Waals surface area contributed by atoms with E-state index in [1.165, 1.54) is 12.8 Å². The van der Waals surface area contributed by atoms with Crippen molar-refractivity contribution in [1.82, 2.24) is 15.3 Å². The van der Waals surface area contributed by atoms with E-state index in [-0.39, 0.29) is 5.91 Å². The zero-order valence-corrected chi connectivity index (χ0v) is 15.1. The first kappa shape index (κ1) is 17.7. The molecule has 0 atom stereocenters. The molecule has 2 N–H and O–H groups in total. The van der Waals surface area contributed by atoms with E-state index in [2.05, 4.69) is 20.6 Å². The highest BCUT2D eigenvalue weighted by atomic mass is 35.5. The number of halogens is 1. The summed E-state index contributed by atoms with van der Waals surface area (Å²) >= 11 is 5.98. The summed E-state index contributed by atoms with van der Waals surface area (Å²) in [5, 5.41) is 7.04. The van der Waals surface area contributed by atoms with Crippen molar-refractivity contribution in [3.05, 3.63) is 52.4 Å². The third-order valence-electron chi connectivity index (χ3n) is 4.37. The SMILES string of the molecule is Cc1nc(NC2CCCC2)cc(C(=O)NCCc2cccc(Cl)c2)n1. The maximum absolute atomic E-state index is 12.4. The Hall–Kier alpha value is -2.14. The van der Waals surface area contributed by atoms with Crippen LogP contribution in [-0.2, 0) is 6.42 Å². The lowest BCUT2D eigenvalue weighted by atomic mass is 10.1. The number of carbonyl (C=O) groups is 1. The lowest BCUT2D eigenvalue weighted by Gasteiger charge is -2.14. The number of hydrogen-bond acceptors (Lipinski definition) is 4. The Morgan fingerprint density at radius 1 is 1.24 bits per heavy atom. The van der Waals surface area contributed by atoms with Gasteiger partial charge in [0.05, 0.1) is 0 Å². The molecule has 1 aromatic carbocycles. The highest BCUT2D eigenvalue weighted by Gasteiger charge is 2.17. The molecule has 25 heavy (non-hydrogen) atoms. The summed E-state index contributed by atoms with van der Waals surface area (Å²) in [6, 6.07) is 9.84. The van der Waals surface area contributed by atoms with Crippen molar-refractivity contribution in [3.63, 3.8) is 0 Å². The number of rotatable bonds is 6. The van der Waals surface area contributed by atoms with Gasteiger partial charge < -0.3 is 10.6 Å². The van der Waals surface area contributed by atoms with Crippen molar-refractivity contribution >= 4 is 23.3 Å². The van der Waals surface area contributed by atoms with Gasteiger partial charge >= 0.3 is 0 Å². The maximum atomic E-state index is 12.4. The number of nitrogens with one attached hydrogen (secondary N) is 2. The number of aryl methyl sites for hydroxylation is 1. The van der Waals surface area contributed by atoms with Crippen LogP contribution in [0.3, 0.4) is 0 Å². The zero-order valence-electron chi connectivity index (χ0n) is 14.4. The number of nitrogens with zero attached hydrogens (tertiary/aromatic N) is 2. The fourth-order valence-electron chi connectivity index (χ4n) is 3.14. The Labute approximate surface area is 153 Å². The molecule has 1 aromatic heterocycles. The molecule has 1 aliphatic rings. The Morgan fingerprint density at radius 3 is 2.80 bits per heavy atom. The van der Waals surface area contributed by atoms with E-state index in [1.807, 2.05) is 31.2 Å². The second kappa shape index (κ2) is 8.30. The topological polar surface area (TPSA) is 66.9 Å². The van der Waals surface area contributed by atoms with Crippen LogP contribution in [0, 0.1) is 6.92 Å². The number of amides is 1. The van der Waals surface area contributed by atoms with Gasteiger partial charge in [0, 0.05) is 23.7 Å². The lowest BCUT2D eigenvalue weighted by molar-refractivity contribution is 0.0949. The molecule has 0 spiro atoms. The molecule has 1 amide bonds. The van der Waals surface area contributed by atoms with E-state index in [1.54, 1.807) is 6.07 Å². The average molecular weight is 359 g/mol. The van der Waals surface area contributed by atoms with Gasteiger partial charge in [0.1, 0.15) is 17.3 Å². The molecule has 0 radical (unpaired) electrons. The molecule has 1 aliphatic carbocycles. The quantitative estimate of drug-likeness (QED) is 0.825. The van der Waals surface area contributed by atoms with Gasteiger partial charge in [0.15, 0.2) is 0 Å². The van der Waals surface area contributed by atoms with Gasteiger partial charge in [-0.1, -0.05) is 36.6 Å². The van der Waals surface area contributed by atoms with Crippen LogP contribution < -0.4 is 10.6 Å². The summed E-state index contributed by atoms with van der Waals surface area (Å²) in [5.41, 5.74) is 1.49. The van der Waals surface area contributed by atoms with E-state index in [0.29, 0.717) is 29.1 Å². The largest absolute Gasteiger partial charge is 0.367 e. The molecule has 1 heterocycles. The van der Waals surface area contributed by atoms with Crippen LogP contribution in [0.4, 0.5) is 5.82 Å². The smallest absolute Gasteiger partial charge is 0.270 e. The van der Waals surface area contributed by atoms with Crippen LogP contribution in [0.5, 0.6) is 0 Å². The summed E-state index contributed by atoms with van der Waals surface area (Å²) < 4.78 is 0. The van der Waals surface area contributed by atoms with Crippen LogP contribution in [0.1, 0.15) is 47.6 Å². The molecule has 1 saturated carbocycles. The van der Waals surface area contributed by atoms with E-state index < -0.39 is 0 Å². The highest BCUT2D eigenvalue weighted by molar-refractivity contribution is 6.30. The Kier molecular flexibility index (Phi) is 5.87. The monoisotopic (exact) mass is 358 g/mol. The number of anilines is 1. The minimum atomic E-state index is -0.179. The minimum Gasteiger partial charge on any atom is -0.367 e. The van der Waals surface area contributed by atoms with Crippen LogP contribution in [0.25, 0.3) is 0 Å². The predicted octanol–water partition coefficient (Wildman–Crippen LogP) is 3.77. The van der Waals surface area contributed by atoms with Gasteiger partial charge in [-0.05, 0) is 43.9 Å². The Bertz CT molecular complexity index is 744. The van der Waals surface area contributed by atoms with Crippen molar-refractivity contribution < 1.29 is 4.79 Å². The predicted molar refractivity (Wildman–Crippen MR) is 100 cm³/mol. The molecule has 0 unspecified atom stereocenters.